The molecule has 14 heavy (non-hydrogen) atoms. The van der Waals surface area contributed by atoms with Crippen LogP contribution in [0.4, 0.5) is 5.69 Å². The van der Waals surface area contributed by atoms with Crippen LogP contribution >= 0.6 is 23.4 Å². The fourth-order valence-electron chi connectivity index (χ4n) is 0.862. The Kier molecular flexibility index (Phi) is 4.48. The van der Waals surface area contributed by atoms with Gasteiger partial charge < -0.3 is 5.73 Å². The van der Waals surface area contributed by atoms with Crippen LogP contribution in [0, 0.1) is 5.92 Å². The van der Waals surface area contributed by atoms with Crippen LogP contribution in [0.3, 0.4) is 0 Å². The molecule has 0 fully saturated rings. The van der Waals surface area contributed by atoms with E-state index in [4.69, 9.17) is 17.3 Å². The van der Waals surface area contributed by atoms with Crippen LogP contribution in [0.2, 0.25) is 5.28 Å². The molecular formula is C9H14ClN3S. The average Bonchev–Trinajstić information content (AvgIpc) is 2.10. The van der Waals surface area contributed by atoms with Gasteiger partial charge in [-0.15, -0.1) is 11.8 Å². The summed E-state index contributed by atoms with van der Waals surface area (Å²) in [6.45, 7) is 4.38. The highest BCUT2D eigenvalue weighted by atomic mass is 35.5. The van der Waals surface area contributed by atoms with E-state index in [-0.39, 0.29) is 5.28 Å². The molecule has 0 spiro atoms. The molecule has 5 heteroatoms. The molecule has 1 rings (SSSR count). The Morgan fingerprint density at radius 3 is 2.93 bits per heavy atom. The molecule has 0 aliphatic carbocycles. The lowest BCUT2D eigenvalue weighted by atomic mass is 10.2. The minimum absolute atomic E-state index is 0.256. The van der Waals surface area contributed by atoms with E-state index < -0.39 is 0 Å². The summed E-state index contributed by atoms with van der Waals surface area (Å²) in [7, 11) is 0. The van der Waals surface area contributed by atoms with Crippen LogP contribution in [-0.4, -0.2) is 15.7 Å². The minimum Gasteiger partial charge on any atom is -0.395 e. The van der Waals surface area contributed by atoms with Crippen molar-refractivity contribution in [3.63, 3.8) is 0 Å². The molecular weight excluding hydrogens is 218 g/mol. The number of nitrogens with two attached hydrogens (primary N) is 1. The van der Waals surface area contributed by atoms with E-state index in [2.05, 4.69) is 23.8 Å². The molecule has 0 atom stereocenters. The van der Waals surface area contributed by atoms with E-state index in [1.54, 1.807) is 18.0 Å². The van der Waals surface area contributed by atoms with E-state index in [1.807, 2.05) is 0 Å². The Morgan fingerprint density at radius 2 is 2.29 bits per heavy atom. The summed E-state index contributed by atoms with van der Waals surface area (Å²) in [5.74, 6) is 1.70. The third-order valence-corrected chi connectivity index (χ3v) is 2.91. The maximum absolute atomic E-state index is 5.70. The monoisotopic (exact) mass is 231 g/mol. The first kappa shape index (κ1) is 11.6. The van der Waals surface area contributed by atoms with E-state index in [0.29, 0.717) is 11.6 Å². The van der Waals surface area contributed by atoms with E-state index in [0.717, 1.165) is 17.2 Å². The molecule has 0 aromatic carbocycles. The number of halogens is 1. The fourth-order valence-corrected chi connectivity index (χ4v) is 2.20. The molecule has 3 nitrogen and oxygen atoms in total. The maximum Gasteiger partial charge on any atom is 0.223 e. The minimum atomic E-state index is 0.256. The molecule has 0 amide bonds. The van der Waals surface area contributed by atoms with Gasteiger partial charge in [-0.25, -0.2) is 9.97 Å². The van der Waals surface area contributed by atoms with Crippen molar-refractivity contribution in [2.45, 2.75) is 25.3 Å². The normalized spacial score (nSPS) is 10.9. The molecule has 0 radical (unpaired) electrons. The van der Waals surface area contributed by atoms with E-state index >= 15 is 0 Å². The summed E-state index contributed by atoms with van der Waals surface area (Å²) < 4.78 is 0. The second-order valence-electron chi connectivity index (χ2n) is 3.43. The molecule has 2 N–H and O–H groups in total. The largest absolute Gasteiger partial charge is 0.395 e. The zero-order chi connectivity index (χ0) is 10.6. The molecule has 0 aliphatic rings. The van der Waals surface area contributed by atoms with E-state index in [9.17, 15) is 0 Å². The first-order valence-electron chi connectivity index (χ1n) is 4.50. The number of thioether (sulfide) groups is 1. The molecule has 1 aromatic heterocycles. The zero-order valence-electron chi connectivity index (χ0n) is 8.33. The SMILES string of the molecule is CC(C)CCSc1nc(Cl)ncc1N. The Morgan fingerprint density at radius 1 is 1.57 bits per heavy atom. The molecule has 0 saturated heterocycles. The molecule has 1 heterocycles. The number of hydrogen-bond donors (Lipinski definition) is 1. The summed E-state index contributed by atoms with van der Waals surface area (Å²) in [6.07, 6.45) is 2.69. The van der Waals surface area contributed by atoms with Gasteiger partial charge in [-0.1, -0.05) is 13.8 Å². The summed E-state index contributed by atoms with van der Waals surface area (Å²) in [4.78, 5) is 7.86. The Balaban J connectivity index is 2.53. The van der Waals surface area contributed by atoms with Gasteiger partial charge in [-0.2, -0.15) is 0 Å². The third kappa shape index (κ3) is 3.72. The van der Waals surface area contributed by atoms with Gasteiger partial charge in [-0.05, 0) is 29.7 Å². The molecule has 0 bridgehead atoms. The first-order valence-corrected chi connectivity index (χ1v) is 5.86. The fraction of sp³-hybridized carbons (Fsp3) is 0.556. The van der Waals surface area contributed by atoms with Crippen LogP contribution in [0.15, 0.2) is 11.2 Å². The Hall–Kier alpha value is -0.480. The van der Waals surface area contributed by atoms with Gasteiger partial charge in [0, 0.05) is 0 Å². The Labute approximate surface area is 93.5 Å². The lowest BCUT2D eigenvalue weighted by Gasteiger charge is -2.05. The summed E-state index contributed by atoms with van der Waals surface area (Å²) >= 11 is 7.30. The number of hydrogen-bond acceptors (Lipinski definition) is 4. The second kappa shape index (κ2) is 5.41. The van der Waals surface area contributed by atoms with Crippen molar-refractivity contribution in [3.05, 3.63) is 11.5 Å². The van der Waals surface area contributed by atoms with Crippen LogP contribution < -0.4 is 5.73 Å². The van der Waals surface area contributed by atoms with Gasteiger partial charge >= 0.3 is 0 Å². The maximum atomic E-state index is 5.70. The predicted octanol–water partition coefficient (Wildman–Crippen LogP) is 2.85. The first-order chi connectivity index (χ1) is 6.59. The van der Waals surface area contributed by atoms with Crippen molar-refractivity contribution in [2.24, 2.45) is 5.92 Å². The standard InChI is InChI=1S/C9H14ClN3S/c1-6(2)3-4-14-8-7(11)5-12-9(10)13-8/h5-6H,3-4,11H2,1-2H3. The van der Waals surface area contributed by atoms with Crippen molar-refractivity contribution in [1.82, 2.24) is 9.97 Å². The second-order valence-corrected chi connectivity index (χ2v) is 4.85. The van der Waals surface area contributed by atoms with Crippen LogP contribution in [-0.2, 0) is 0 Å². The average molecular weight is 232 g/mol. The van der Waals surface area contributed by atoms with Gasteiger partial charge in [0.25, 0.3) is 0 Å². The van der Waals surface area contributed by atoms with Gasteiger partial charge in [0.05, 0.1) is 11.9 Å². The molecule has 0 saturated carbocycles. The highest BCUT2D eigenvalue weighted by molar-refractivity contribution is 7.99. The van der Waals surface area contributed by atoms with Crippen molar-refractivity contribution in [3.8, 4) is 0 Å². The topological polar surface area (TPSA) is 51.8 Å². The number of nitrogens with zero attached hydrogens (tertiary/aromatic N) is 2. The van der Waals surface area contributed by atoms with Gasteiger partial charge in [0.2, 0.25) is 5.28 Å². The lowest BCUT2D eigenvalue weighted by molar-refractivity contribution is 0.632. The van der Waals surface area contributed by atoms with Crippen LogP contribution in [0.5, 0.6) is 0 Å². The van der Waals surface area contributed by atoms with Crippen LogP contribution in [0.25, 0.3) is 0 Å². The number of aromatic nitrogens is 2. The van der Waals surface area contributed by atoms with Crippen molar-refractivity contribution in [2.75, 3.05) is 11.5 Å². The quantitative estimate of drug-likeness (QED) is 0.492. The third-order valence-electron chi connectivity index (χ3n) is 1.68. The number of anilines is 1. The van der Waals surface area contributed by atoms with Gasteiger partial charge in [-0.3, -0.25) is 0 Å². The summed E-state index contributed by atoms with van der Waals surface area (Å²) in [5, 5.41) is 1.04. The van der Waals surface area contributed by atoms with Crippen molar-refractivity contribution >= 4 is 29.1 Å². The molecule has 0 unspecified atom stereocenters. The van der Waals surface area contributed by atoms with E-state index in [1.165, 1.54) is 0 Å². The number of rotatable bonds is 4. The zero-order valence-corrected chi connectivity index (χ0v) is 9.90. The summed E-state index contributed by atoms with van der Waals surface area (Å²) in [6, 6.07) is 0. The van der Waals surface area contributed by atoms with Crippen LogP contribution in [0.1, 0.15) is 20.3 Å². The molecule has 78 valence electrons. The highest BCUT2D eigenvalue weighted by Gasteiger charge is 2.04. The number of nitrogen functional groups attached to an aromatic ring is 1. The smallest absolute Gasteiger partial charge is 0.223 e. The molecule has 0 aliphatic heterocycles. The van der Waals surface area contributed by atoms with Gasteiger partial charge in [0.15, 0.2) is 0 Å². The van der Waals surface area contributed by atoms with Crippen molar-refractivity contribution < 1.29 is 0 Å². The summed E-state index contributed by atoms with van der Waals surface area (Å²) in [5.41, 5.74) is 6.30. The highest BCUT2D eigenvalue weighted by Crippen LogP contribution is 2.24. The van der Waals surface area contributed by atoms with Crippen molar-refractivity contribution in [1.29, 1.82) is 0 Å². The predicted molar refractivity (Wildman–Crippen MR) is 61.6 cm³/mol. The molecule has 1 aromatic rings. The van der Waals surface area contributed by atoms with Gasteiger partial charge in [0.1, 0.15) is 5.03 Å². The Bertz CT molecular complexity index is 304. The lowest BCUT2D eigenvalue weighted by Crippen LogP contribution is -1.96.